The van der Waals surface area contributed by atoms with Crippen molar-refractivity contribution >= 4 is 23.4 Å². The van der Waals surface area contributed by atoms with Gasteiger partial charge in [-0.25, -0.2) is 15.8 Å². The van der Waals surface area contributed by atoms with Crippen molar-refractivity contribution in [3.63, 3.8) is 0 Å². The first kappa shape index (κ1) is 12.2. The average molecular weight is 268 g/mol. The van der Waals surface area contributed by atoms with E-state index >= 15 is 0 Å². The van der Waals surface area contributed by atoms with E-state index in [-0.39, 0.29) is 22.4 Å². The van der Waals surface area contributed by atoms with E-state index in [0.717, 1.165) is 11.8 Å². The van der Waals surface area contributed by atoms with Crippen LogP contribution in [0.15, 0.2) is 16.5 Å². The van der Waals surface area contributed by atoms with E-state index in [1.807, 2.05) is 0 Å². The molecule has 4 N–H and O–H groups in total. The Hall–Kier alpha value is -2.27. The number of nitrogens with one attached hydrogen (secondary N) is 2. The van der Waals surface area contributed by atoms with Crippen molar-refractivity contribution in [3.8, 4) is 0 Å². The Balaban J connectivity index is 2.48. The normalized spacial score (nSPS) is 10.3. The van der Waals surface area contributed by atoms with E-state index in [1.165, 1.54) is 13.3 Å². The number of nitrogens with two attached hydrogens (primary N) is 1. The largest absolute Gasteiger partial charge is 0.322 e. The molecule has 11 heteroatoms. The highest BCUT2D eigenvalue weighted by Crippen LogP contribution is 2.33. The minimum absolute atomic E-state index is 0.0973. The maximum absolute atomic E-state index is 11.0. The number of nitrogens with zero attached hydrogens (tertiary/aromatic N) is 5. The van der Waals surface area contributed by atoms with E-state index in [9.17, 15) is 10.1 Å². The predicted molar refractivity (Wildman–Crippen MR) is 61.7 cm³/mol. The highest BCUT2D eigenvalue weighted by Gasteiger charge is 2.23. The van der Waals surface area contributed by atoms with Gasteiger partial charge in [-0.3, -0.25) is 20.6 Å². The topological polar surface area (TPSA) is 149 Å². The number of rotatable bonds is 4. The van der Waals surface area contributed by atoms with Gasteiger partial charge in [0, 0.05) is 0 Å². The first-order chi connectivity index (χ1) is 8.61. The molecular weight excluding hydrogens is 260 g/mol. The summed E-state index contributed by atoms with van der Waals surface area (Å²) in [4.78, 5) is 22.1. The maximum atomic E-state index is 11.0. The van der Waals surface area contributed by atoms with Crippen LogP contribution >= 0.6 is 11.8 Å². The zero-order valence-corrected chi connectivity index (χ0v) is 9.93. The summed E-state index contributed by atoms with van der Waals surface area (Å²) in [5.41, 5.74) is 2.28. The Kier molecular flexibility index (Phi) is 3.34. The van der Waals surface area contributed by atoms with Gasteiger partial charge in [-0.15, -0.1) is 0 Å². The number of H-pyrrole nitrogens is 1. The Labute approximate surface area is 105 Å². The van der Waals surface area contributed by atoms with Gasteiger partial charge in [-0.1, -0.05) is 0 Å². The lowest BCUT2D eigenvalue weighted by molar-refractivity contribution is -0.389. The minimum Gasteiger partial charge on any atom is -0.292 e. The van der Waals surface area contributed by atoms with Gasteiger partial charge in [0.15, 0.2) is 10.2 Å². The van der Waals surface area contributed by atoms with Crippen LogP contribution < -0.4 is 11.3 Å². The Bertz CT molecular complexity index is 571. The Morgan fingerprint density at radius 2 is 2.33 bits per heavy atom. The number of nitro groups is 1. The van der Waals surface area contributed by atoms with Crippen LogP contribution in [0.1, 0.15) is 5.69 Å². The van der Waals surface area contributed by atoms with E-state index in [0.29, 0.717) is 5.16 Å². The third kappa shape index (κ3) is 2.36. The first-order valence-corrected chi connectivity index (χ1v) is 5.46. The van der Waals surface area contributed by atoms with Crippen molar-refractivity contribution in [2.24, 2.45) is 5.84 Å². The molecule has 0 spiro atoms. The zero-order chi connectivity index (χ0) is 13.1. The number of hydrogen-bond acceptors (Lipinski definition) is 9. The number of hydrogen-bond donors (Lipinski definition) is 3. The second-order valence-corrected chi connectivity index (χ2v) is 4.06. The van der Waals surface area contributed by atoms with Crippen molar-refractivity contribution in [3.05, 3.63) is 22.1 Å². The fourth-order valence-electron chi connectivity index (χ4n) is 1.22. The first-order valence-electron chi connectivity index (χ1n) is 4.64. The number of nitrogen functional groups attached to an aromatic ring is 1. The standard InChI is InChI=1S/C7H8N8O2S/c1-3-4(15(16)17)5(12-6(11-3)13-8)18-7-9-2-10-14-7/h2H,8H2,1H3,(H,9,10,14)(H,11,12,13). The van der Waals surface area contributed by atoms with Gasteiger partial charge in [0.25, 0.3) is 0 Å². The van der Waals surface area contributed by atoms with E-state index in [1.54, 1.807) is 0 Å². The van der Waals surface area contributed by atoms with Crippen molar-refractivity contribution in [2.45, 2.75) is 17.1 Å². The van der Waals surface area contributed by atoms with E-state index < -0.39 is 4.92 Å². The number of anilines is 1. The summed E-state index contributed by atoms with van der Waals surface area (Å²) < 4.78 is 0. The fourth-order valence-corrected chi connectivity index (χ4v) is 2.05. The van der Waals surface area contributed by atoms with Crippen LogP contribution in [0, 0.1) is 17.0 Å². The summed E-state index contributed by atoms with van der Waals surface area (Å²) in [7, 11) is 0. The predicted octanol–water partition coefficient (Wildman–Crippen LogP) is 0.248. The minimum atomic E-state index is -0.547. The quantitative estimate of drug-likeness (QED) is 0.307. The van der Waals surface area contributed by atoms with Crippen molar-refractivity contribution < 1.29 is 4.92 Å². The molecule has 0 saturated heterocycles. The lowest BCUT2D eigenvalue weighted by Crippen LogP contribution is -2.12. The van der Waals surface area contributed by atoms with Gasteiger partial charge in [0.1, 0.15) is 12.0 Å². The highest BCUT2D eigenvalue weighted by atomic mass is 32.2. The molecule has 0 aliphatic heterocycles. The number of hydrazine groups is 1. The molecule has 0 atom stereocenters. The van der Waals surface area contributed by atoms with Crippen molar-refractivity contribution in [2.75, 3.05) is 5.43 Å². The SMILES string of the molecule is Cc1nc(NN)nc(Sc2ncn[nH]2)c1[N+](=O)[O-]. The van der Waals surface area contributed by atoms with Gasteiger partial charge < -0.3 is 0 Å². The molecule has 0 amide bonds. The second kappa shape index (κ2) is 4.93. The molecule has 0 fully saturated rings. The number of aryl methyl sites for hydroxylation is 1. The summed E-state index contributed by atoms with van der Waals surface area (Å²) in [6.07, 6.45) is 1.30. The number of aromatic amines is 1. The Morgan fingerprint density at radius 1 is 1.56 bits per heavy atom. The van der Waals surface area contributed by atoms with Gasteiger partial charge >= 0.3 is 5.69 Å². The lowest BCUT2D eigenvalue weighted by Gasteiger charge is -2.05. The summed E-state index contributed by atoms with van der Waals surface area (Å²) >= 11 is 0.975. The lowest BCUT2D eigenvalue weighted by atomic mass is 10.4. The summed E-state index contributed by atoms with van der Waals surface area (Å²) in [5, 5.41) is 17.7. The van der Waals surface area contributed by atoms with Gasteiger partial charge in [0.2, 0.25) is 5.95 Å². The highest BCUT2D eigenvalue weighted by molar-refractivity contribution is 7.99. The van der Waals surface area contributed by atoms with Gasteiger partial charge in [0.05, 0.1) is 4.92 Å². The van der Waals surface area contributed by atoms with Crippen LogP contribution in [0.4, 0.5) is 11.6 Å². The molecule has 2 aromatic rings. The third-order valence-electron chi connectivity index (χ3n) is 1.92. The van der Waals surface area contributed by atoms with Crippen LogP contribution in [-0.2, 0) is 0 Å². The molecule has 0 unspecified atom stereocenters. The second-order valence-electron chi connectivity index (χ2n) is 3.08. The molecule has 2 aromatic heterocycles. The summed E-state index contributed by atoms with van der Waals surface area (Å²) in [6, 6.07) is 0. The zero-order valence-electron chi connectivity index (χ0n) is 9.12. The maximum Gasteiger partial charge on any atom is 0.322 e. The molecule has 0 radical (unpaired) electrons. The van der Waals surface area contributed by atoms with Crippen LogP contribution in [0.3, 0.4) is 0 Å². The summed E-state index contributed by atoms with van der Waals surface area (Å²) in [6.45, 7) is 1.51. The van der Waals surface area contributed by atoms with Crippen LogP contribution in [-0.4, -0.2) is 30.1 Å². The van der Waals surface area contributed by atoms with E-state index in [2.05, 4.69) is 30.6 Å². The van der Waals surface area contributed by atoms with Crippen LogP contribution in [0.5, 0.6) is 0 Å². The van der Waals surface area contributed by atoms with Gasteiger partial charge in [-0.2, -0.15) is 10.1 Å². The smallest absolute Gasteiger partial charge is 0.292 e. The van der Waals surface area contributed by atoms with Crippen molar-refractivity contribution in [1.82, 2.24) is 25.1 Å². The van der Waals surface area contributed by atoms with E-state index in [4.69, 9.17) is 5.84 Å². The van der Waals surface area contributed by atoms with Crippen molar-refractivity contribution in [1.29, 1.82) is 0 Å². The molecule has 2 heterocycles. The molecule has 0 aliphatic carbocycles. The van der Waals surface area contributed by atoms with Crippen LogP contribution in [0.25, 0.3) is 0 Å². The van der Waals surface area contributed by atoms with Crippen LogP contribution in [0.2, 0.25) is 0 Å². The molecule has 18 heavy (non-hydrogen) atoms. The molecule has 0 aromatic carbocycles. The molecule has 2 rings (SSSR count). The fraction of sp³-hybridized carbons (Fsp3) is 0.143. The molecular formula is C7H8N8O2S. The molecule has 94 valence electrons. The molecule has 0 saturated carbocycles. The number of aromatic nitrogens is 5. The van der Waals surface area contributed by atoms with Gasteiger partial charge in [-0.05, 0) is 18.7 Å². The molecule has 0 bridgehead atoms. The third-order valence-corrected chi connectivity index (χ3v) is 2.79. The average Bonchev–Trinajstić information content (AvgIpc) is 2.80. The Morgan fingerprint density at radius 3 is 2.89 bits per heavy atom. The monoisotopic (exact) mass is 268 g/mol. The summed E-state index contributed by atoms with van der Waals surface area (Å²) in [5.74, 6) is 5.29. The molecule has 0 aliphatic rings. The molecule has 10 nitrogen and oxygen atoms in total.